The van der Waals surface area contributed by atoms with Crippen molar-refractivity contribution in [3.05, 3.63) is 46.7 Å². The van der Waals surface area contributed by atoms with Crippen LogP contribution in [0, 0.1) is 5.82 Å². The van der Waals surface area contributed by atoms with Gasteiger partial charge in [-0.2, -0.15) is 0 Å². The lowest BCUT2D eigenvalue weighted by atomic mass is 10.00. The van der Waals surface area contributed by atoms with Crippen LogP contribution in [0.25, 0.3) is 0 Å². The molecule has 0 saturated carbocycles. The van der Waals surface area contributed by atoms with Crippen LogP contribution in [0.15, 0.2) is 35.3 Å². The summed E-state index contributed by atoms with van der Waals surface area (Å²) in [6.07, 6.45) is 7.58. The largest absolute Gasteiger partial charge is 0.313 e. The van der Waals surface area contributed by atoms with Gasteiger partial charge < -0.3 is 5.32 Å². The first-order valence-electron chi connectivity index (χ1n) is 6.42. The molecular weight excluding hydrogens is 293 g/mol. The van der Waals surface area contributed by atoms with E-state index in [4.69, 9.17) is 0 Å². The fraction of sp³-hybridized carbons (Fsp3) is 0.467. The Kier molecular flexibility index (Phi) is 7.21. The molecule has 1 unspecified atom stereocenters. The molecule has 0 aromatic heterocycles. The molecule has 0 aliphatic carbocycles. The summed E-state index contributed by atoms with van der Waals surface area (Å²) in [5, 5.41) is 3.26. The zero-order chi connectivity index (χ0) is 13.4. The molecule has 1 N–H and O–H groups in total. The molecule has 18 heavy (non-hydrogen) atoms. The fourth-order valence-corrected chi connectivity index (χ4v) is 2.60. The van der Waals surface area contributed by atoms with Gasteiger partial charge in [0, 0.05) is 6.04 Å². The Balaban J connectivity index is 2.55. The van der Waals surface area contributed by atoms with Gasteiger partial charge in [-0.25, -0.2) is 4.39 Å². The lowest BCUT2D eigenvalue weighted by Crippen LogP contribution is -2.17. The van der Waals surface area contributed by atoms with Gasteiger partial charge >= 0.3 is 0 Å². The van der Waals surface area contributed by atoms with Crippen LogP contribution in [-0.2, 0) is 0 Å². The van der Waals surface area contributed by atoms with Crippen molar-refractivity contribution in [1.82, 2.24) is 5.32 Å². The molecule has 0 bridgehead atoms. The van der Waals surface area contributed by atoms with E-state index in [1.54, 1.807) is 6.07 Å². The lowest BCUT2D eigenvalue weighted by molar-refractivity contribution is 0.502. The third kappa shape index (κ3) is 4.54. The molecule has 0 aliphatic heterocycles. The van der Waals surface area contributed by atoms with Crippen molar-refractivity contribution < 1.29 is 4.39 Å². The van der Waals surface area contributed by atoms with Gasteiger partial charge in [-0.3, -0.25) is 0 Å². The van der Waals surface area contributed by atoms with E-state index in [9.17, 15) is 4.39 Å². The van der Waals surface area contributed by atoms with Crippen LogP contribution < -0.4 is 5.32 Å². The molecule has 0 amide bonds. The van der Waals surface area contributed by atoms with Crippen molar-refractivity contribution >= 4 is 15.9 Å². The Bertz CT molecular complexity index is 379. The molecular formula is C15H21BrFN. The quantitative estimate of drug-likeness (QED) is 0.527. The fourth-order valence-electron chi connectivity index (χ4n) is 2.06. The first-order valence-corrected chi connectivity index (χ1v) is 7.22. The van der Waals surface area contributed by atoms with Crippen molar-refractivity contribution in [3.63, 3.8) is 0 Å². The van der Waals surface area contributed by atoms with Crippen LogP contribution in [0.3, 0.4) is 0 Å². The molecule has 100 valence electrons. The summed E-state index contributed by atoms with van der Waals surface area (Å²) >= 11 is 3.33. The number of rotatable bonds is 8. The molecule has 3 heteroatoms. The van der Waals surface area contributed by atoms with Gasteiger partial charge in [-0.15, -0.1) is 6.58 Å². The van der Waals surface area contributed by atoms with Crippen LogP contribution in [0.4, 0.5) is 4.39 Å². The first-order chi connectivity index (χ1) is 8.70. The normalized spacial score (nSPS) is 12.4. The minimum absolute atomic E-state index is 0.195. The lowest BCUT2D eigenvalue weighted by Gasteiger charge is -2.18. The molecule has 1 atom stereocenters. The highest BCUT2D eigenvalue weighted by Gasteiger charge is 2.14. The Morgan fingerprint density at radius 2 is 2.17 bits per heavy atom. The summed E-state index contributed by atoms with van der Waals surface area (Å²) in [5.41, 5.74) is 1.00. The standard InChI is InChI=1S/C15H21BrFN/c1-3-4-5-6-7-11-14(18-2)12-9-8-10-13(17)15(12)16/h3,8-10,14,18H,1,4-7,11H2,2H3. The third-order valence-corrected chi connectivity index (χ3v) is 3.94. The average Bonchev–Trinajstić information content (AvgIpc) is 2.38. The van der Waals surface area contributed by atoms with E-state index in [-0.39, 0.29) is 11.9 Å². The molecule has 1 aromatic carbocycles. The Labute approximate surface area is 118 Å². The predicted molar refractivity (Wildman–Crippen MR) is 79.2 cm³/mol. The number of hydrogen-bond acceptors (Lipinski definition) is 1. The SMILES string of the molecule is C=CCCCCCC(NC)c1cccc(F)c1Br. The van der Waals surface area contributed by atoms with Crippen molar-refractivity contribution in [2.24, 2.45) is 0 Å². The molecule has 0 spiro atoms. The highest BCUT2D eigenvalue weighted by molar-refractivity contribution is 9.10. The van der Waals surface area contributed by atoms with E-state index in [1.165, 1.54) is 18.9 Å². The van der Waals surface area contributed by atoms with Crippen LogP contribution in [0.1, 0.15) is 43.7 Å². The van der Waals surface area contributed by atoms with E-state index < -0.39 is 0 Å². The summed E-state index contributed by atoms with van der Waals surface area (Å²) in [6, 6.07) is 5.42. The summed E-state index contributed by atoms with van der Waals surface area (Å²) in [4.78, 5) is 0. The summed E-state index contributed by atoms with van der Waals surface area (Å²) in [7, 11) is 1.92. The number of allylic oxidation sites excluding steroid dienone is 1. The van der Waals surface area contributed by atoms with Crippen LogP contribution in [0.5, 0.6) is 0 Å². The molecule has 1 rings (SSSR count). The van der Waals surface area contributed by atoms with Crippen molar-refractivity contribution in [2.75, 3.05) is 7.05 Å². The van der Waals surface area contributed by atoms with Crippen molar-refractivity contribution in [1.29, 1.82) is 0 Å². The maximum Gasteiger partial charge on any atom is 0.137 e. The minimum atomic E-state index is -0.195. The number of halogens is 2. The Morgan fingerprint density at radius 3 is 2.83 bits per heavy atom. The van der Waals surface area contributed by atoms with Gasteiger partial charge in [-0.1, -0.05) is 31.1 Å². The molecule has 1 aromatic rings. The highest BCUT2D eigenvalue weighted by atomic mass is 79.9. The Hall–Kier alpha value is -0.670. The molecule has 0 fully saturated rings. The zero-order valence-electron chi connectivity index (χ0n) is 10.9. The second-order valence-corrected chi connectivity index (χ2v) is 5.20. The second kappa shape index (κ2) is 8.44. The van der Waals surface area contributed by atoms with E-state index in [1.807, 2.05) is 19.2 Å². The topological polar surface area (TPSA) is 12.0 Å². The van der Waals surface area contributed by atoms with E-state index in [2.05, 4.69) is 27.8 Å². The van der Waals surface area contributed by atoms with Crippen LogP contribution >= 0.6 is 15.9 Å². The van der Waals surface area contributed by atoms with Crippen molar-refractivity contribution in [2.45, 2.75) is 38.1 Å². The molecule has 0 saturated heterocycles. The minimum Gasteiger partial charge on any atom is -0.313 e. The van der Waals surface area contributed by atoms with E-state index in [0.717, 1.165) is 24.8 Å². The second-order valence-electron chi connectivity index (χ2n) is 4.41. The summed E-state index contributed by atoms with van der Waals surface area (Å²) in [6.45, 7) is 3.72. The summed E-state index contributed by atoms with van der Waals surface area (Å²) in [5.74, 6) is -0.195. The highest BCUT2D eigenvalue weighted by Crippen LogP contribution is 2.29. The van der Waals surface area contributed by atoms with Gasteiger partial charge in [0.05, 0.1) is 4.47 Å². The van der Waals surface area contributed by atoms with E-state index >= 15 is 0 Å². The van der Waals surface area contributed by atoms with E-state index in [0.29, 0.717) is 4.47 Å². The van der Waals surface area contributed by atoms with Gasteiger partial charge in [0.2, 0.25) is 0 Å². The number of hydrogen-bond donors (Lipinski definition) is 1. The molecule has 1 nitrogen and oxygen atoms in total. The van der Waals surface area contributed by atoms with Gasteiger partial charge in [0.25, 0.3) is 0 Å². The van der Waals surface area contributed by atoms with Crippen LogP contribution in [0.2, 0.25) is 0 Å². The monoisotopic (exact) mass is 313 g/mol. The van der Waals surface area contributed by atoms with Crippen molar-refractivity contribution in [3.8, 4) is 0 Å². The van der Waals surface area contributed by atoms with Gasteiger partial charge in [-0.05, 0) is 53.9 Å². The maximum atomic E-state index is 13.5. The number of nitrogens with one attached hydrogen (secondary N) is 1. The maximum absolute atomic E-state index is 13.5. The number of unbranched alkanes of at least 4 members (excludes halogenated alkanes) is 3. The molecule has 0 heterocycles. The summed E-state index contributed by atoms with van der Waals surface area (Å²) < 4.78 is 14.1. The van der Waals surface area contributed by atoms with Gasteiger partial charge in [0.15, 0.2) is 0 Å². The number of benzene rings is 1. The smallest absolute Gasteiger partial charge is 0.137 e. The third-order valence-electron chi connectivity index (χ3n) is 3.11. The Morgan fingerprint density at radius 1 is 1.39 bits per heavy atom. The molecule has 0 aliphatic rings. The van der Waals surface area contributed by atoms with Crippen LogP contribution in [-0.4, -0.2) is 7.05 Å². The molecule has 0 radical (unpaired) electrons. The predicted octanol–water partition coefficient (Wildman–Crippen LogP) is 4.99. The average molecular weight is 314 g/mol. The first kappa shape index (κ1) is 15.4. The zero-order valence-corrected chi connectivity index (χ0v) is 12.5. The van der Waals surface area contributed by atoms with Gasteiger partial charge in [0.1, 0.15) is 5.82 Å².